The van der Waals surface area contributed by atoms with Gasteiger partial charge in [-0.1, -0.05) is 31.5 Å². The molecule has 7 nitrogen and oxygen atoms in total. The van der Waals surface area contributed by atoms with Crippen molar-refractivity contribution in [1.29, 1.82) is 0 Å². The van der Waals surface area contributed by atoms with Gasteiger partial charge < -0.3 is 9.47 Å². The molecule has 3 heterocycles. The summed E-state index contributed by atoms with van der Waals surface area (Å²) in [6.07, 6.45) is 5.31. The third kappa shape index (κ3) is 2.94. The summed E-state index contributed by atoms with van der Waals surface area (Å²) in [5, 5.41) is 14.3. The molecule has 0 N–H and O–H groups in total. The fraction of sp³-hybridized carbons (Fsp3) is 0.667. The fourth-order valence-electron chi connectivity index (χ4n) is 4.17. The van der Waals surface area contributed by atoms with E-state index in [4.69, 9.17) is 5.10 Å². The van der Waals surface area contributed by atoms with Crippen LogP contribution >= 0.6 is 11.8 Å². The maximum Gasteiger partial charge on any atom is 0.225 e. The molecule has 2 aliphatic rings. The van der Waals surface area contributed by atoms with Gasteiger partial charge in [-0.05, 0) is 18.6 Å². The first kappa shape index (κ1) is 17.6. The predicted molar refractivity (Wildman–Crippen MR) is 101 cm³/mol. The molecule has 0 spiro atoms. The van der Waals surface area contributed by atoms with Crippen LogP contribution < -0.4 is 0 Å². The monoisotopic (exact) mass is 374 g/mol. The molecule has 2 aromatic heterocycles. The summed E-state index contributed by atoms with van der Waals surface area (Å²) in [6, 6.07) is 0. The lowest BCUT2D eigenvalue weighted by Crippen LogP contribution is -2.39. The van der Waals surface area contributed by atoms with Gasteiger partial charge in [-0.25, -0.2) is 0 Å². The van der Waals surface area contributed by atoms with Gasteiger partial charge in [0.1, 0.15) is 5.69 Å². The Hall–Kier alpha value is -1.83. The van der Waals surface area contributed by atoms with E-state index in [1.807, 2.05) is 28.2 Å². The van der Waals surface area contributed by atoms with Crippen molar-refractivity contribution in [2.24, 2.45) is 20.0 Å². The van der Waals surface area contributed by atoms with Crippen molar-refractivity contribution < 1.29 is 4.79 Å². The molecular weight excluding hydrogens is 348 g/mol. The second-order valence-electron chi connectivity index (χ2n) is 7.19. The maximum absolute atomic E-state index is 12.9. The summed E-state index contributed by atoms with van der Waals surface area (Å²) >= 11 is 1.67. The van der Waals surface area contributed by atoms with Gasteiger partial charge >= 0.3 is 0 Å². The number of hydrogen-bond donors (Lipinski definition) is 0. The Morgan fingerprint density at radius 1 is 1.23 bits per heavy atom. The summed E-state index contributed by atoms with van der Waals surface area (Å²) in [5.74, 6) is 2.28. The quantitative estimate of drug-likeness (QED) is 0.769. The molecule has 0 atom stereocenters. The van der Waals surface area contributed by atoms with Crippen molar-refractivity contribution in [2.75, 3.05) is 12.3 Å². The number of carbonyl (C=O) groups is 1. The molecule has 0 aromatic carbocycles. The zero-order valence-corrected chi connectivity index (χ0v) is 16.6. The highest BCUT2D eigenvalue weighted by molar-refractivity contribution is 7.99. The van der Waals surface area contributed by atoms with Crippen LogP contribution in [0, 0.1) is 5.92 Å². The molecule has 1 saturated carbocycles. The number of fused-ring (bicyclic) bond motifs is 1. The first-order valence-electron chi connectivity index (χ1n) is 9.46. The van der Waals surface area contributed by atoms with Gasteiger partial charge in [0.2, 0.25) is 5.91 Å². The van der Waals surface area contributed by atoms with E-state index in [9.17, 15) is 4.79 Å². The molecular formula is C18H26N6OS. The van der Waals surface area contributed by atoms with Crippen molar-refractivity contribution in [2.45, 2.75) is 50.7 Å². The SMILES string of the molecule is CCSc1nnc(-c2nn(C)c3c2CN(C(=O)C2CCCC2)CC3)n1C. The average molecular weight is 375 g/mol. The molecule has 26 heavy (non-hydrogen) atoms. The zero-order chi connectivity index (χ0) is 18.3. The molecule has 0 saturated heterocycles. The number of carbonyl (C=O) groups excluding carboxylic acids is 1. The van der Waals surface area contributed by atoms with E-state index in [0.29, 0.717) is 12.5 Å². The summed E-state index contributed by atoms with van der Waals surface area (Å²) in [5.41, 5.74) is 3.21. The first-order chi connectivity index (χ1) is 12.6. The highest BCUT2D eigenvalue weighted by Crippen LogP contribution is 2.33. The molecule has 1 amide bonds. The van der Waals surface area contributed by atoms with E-state index in [0.717, 1.165) is 53.8 Å². The number of rotatable bonds is 4. The van der Waals surface area contributed by atoms with Gasteiger partial charge in [0.15, 0.2) is 11.0 Å². The second kappa shape index (κ2) is 7.06. The van der Waals surface area contributed by atoms with Crippen LogP contribution in [-0.4, -0.2) is 47.6 Å². The van der Waals surface area contributed by atoms with Crippen molar-refractivity contribution in [1.82, 2.24) is 29.4 Å². The van der Waals surface area contributed by atoms with Crippen LogP contribution in [-0.2, 0) is 31.9 Å². The molecule has 1 aliphatic heterocycles. The number of aryl methyl sites for hydroxylation is 1. The number of amides is 1. The smallest absolute Gasteiger partial charge is 0.225 e. The predicted octanol–water partition coefficient (Wildman–Crippen LogP) is 2.40. The third-order valence-corrected chi connectivity index (χ3v) is 6.48. The van der Waals surface area contributed by atoms with Crippen molar-refractivity contribution in [3.8, 4) is 11.5 Å². The van der Waals surface area contributed by atoms with Gasteiger partial charge in [-0.3, -0.25) is 9.48 Å². The van der Waals surface area contributed by atoms with Crippen LogP contribution in [0.3, 0.4) is 0 Å². The van der Waals surface area contributed by atoms with Crippen LogP contribution in [0.4, 0.5) is 0 Å². The lowest BCUT2D eigenvalue weighted by molar-refractivity contribution is -0.136. The van der Waals surface area contributed by atoms with Crippen molar-refractivity contribution >= 4 is 17.7 Å². The minimum atomic E-state index is 0.221. The normalized spacial score (nSPS) is 17.7. The third-order valence-electron chi connectivity index (χ3n) is 5.58. The number of hydrogen-bond acceptors (Lipinski definition) is 5. The Labute approximate surface area is 158 Å². The first-order valence-corrected chi connectivity index (χ1v) is 10.4. The summed E-state index contributed by atoms with van der Waals surface area (Å²) in [4.78, 5) is 14.9. The molecule has 1 fully saturated rings. The van der Waals surface area contributed by atoms with E-state index in [1.165, 1.54) is 18.5 Å². The van der Waals surface area contributed by atoms with E-state index in [-0.39, 0.29) is 5.92 Å². The largest absolute Gasteiger partial charge is 0.338 e. The molecule has 140 valence electrons. The minimum Gasteiger partial charge on any atom is -0.338 e. The van der Waals surface area contributed by atoms with Crippen molar-refractivity contribution in [3.05, 3.63) is 11.3 Å². The van der Waals surface area contributed by atoms with Crippen LogP contribution in [0.2, 0.25) is 0 Å². The molecule has 4 rings (SSSR count). The Bertz CT molecular complexity index is 820. The summed E-state index contributed by atoms with van der Waals surface area (Å²) < 4.78 is 3.96. The lowest BCUT2D eigenvalue weighted by atomic mass is 10.0. The van der Waals surface area contributed by atoms with Crippen LogP contribution in [0.15, 0.2) is 5.16 Å². The number of thioether (sulfide) groups is 1. The average Bonchev–Trinajstić information content (AvgIpc) is 3.36. The Morgan fingerprint density at radius 2 is 2.00 bits per heavy atom. The molecule has 1 aliphatic carbocycles. The fourth-order valence-corrected chi connectivity index (χ4v) is 4.80. The molecule has 0 radical (unpaired) electrons. The van der Waals surface area contributed by atoms with E-state index in [2.05, 4.69) is 17.1 Å². The van der Waals surface area contributed by atoms with Crippen LogP contribution in [0.1, 0.15) is 43.9 Å². The van der Waals surface area contributed by atoms with Crippen LogP contribution in [0.25, 0.3) is 11.5 Å². The highest BCUT2D eigenvalue weighted by Gasteiger charge is 2.33. The number of nitrogens with zero attached hydrogens (tertiary/aromatic N) is 6. The van der Waals surface area contributed by atoms with Gasteiger partial charge in [-0.2, -0.15) is 5.10 Å². The standard InChI is InChI=1S/C18H26N6OS/c1-4-26-18-20-19-16(22(18)2)15-13-11-24(10-9-14(13)23(3)21-15)17(25)12-7-5-6-8-12/h12H,4-11H2,1-3H3. The Morgan fingerprint density at radius 3 is 2.73 bits per heavy atom. The van der Waals surface area contributed by atoms with E-state index in [1.54, 1.807) is 11.8 Å². The molecule has 0 unspecified atom stereocenters. The van der Waals surface area contributed by atoms with Crippen LogP contribution in [0.5, 0.6) is 0 Å². The van der Waals surface area contributed by atoms with E-state index >= 15 is 0 Å². The Balaban J connectivity index is 1.65. The summed E-state index contributed by atoms with van der Waals surface area (Å²) in [6.45, 7) is 3.53. The molecule has 0 bridgehead atoms. The topological polar surface area (TPSA) is 68.8 Å². The zero-order valence-electron chi connectivity index (χ0n) is 15.7. The highest BCUT2D eigenvalue weighted by atomic mass is 32.2. The van der Waals surface area contributed by atoms with Gasteiger partial charge in [0, 0.05) is 50.8 Å². The van der Waals surface area contributed by atoms with Gasteiger partial charge in [0.25, 0.3) is 0 Å². The number of aromatic nitrogens is 5. The second-order valence-corrected chi connectivity index (χ2v) is 8.42. The molecule has 8 heteroatoms. The van der Waals surface area contributed by atoms with Gasteiger partial charge in [-0.15, -0.1) is 10.2 Å². The van der Waals surface area contributed by atoms with Crippen molar-refractivity contribution in [3.63, 3.8) is 0 Å². The summed E-state index contributed by atoms with van der Waals surface area (Å²) in [7, 11) is 3.97. The molecule has 2 aromatic rings. The lowest BCUT2D eigenvalue weighted by Gasteiger charge is -2.29. The maximum atomic E-state index is 12.9. The van der Waals surface area contributed by atoms with Gasteiger partial charge in [0.05, 0.1) is 0 Å². The van der Waals surface area contributed by atoms with E-state index < -0.39 is 0 Å². The minimum absolute atomic E-state index is 0.221. The Kier molecular flexibility index (Phi) is 4.77.